The summed E-state index contributed by atoms with van der Waals surface area (Å²) in [7, 11) is 0. The average molecular weight is 495 g/mol. The van der Waals surface area contributed by atoms with Gasteiger partial charge in [0, 0.05) is 18.9 Å². The van der Waals surface area contributed by atoms with Crippen LogP contribution in [0.3, 0.4) is 0 Å². The van der Waals surface area contributed by atoms with Gasteiger partial charge in [0.1, 0.15) is 23.9 Å². The number of amides is 2. The van der Waals surface area contributed by atoms with E-state index in [1.54, 1.807) is 52.5 Å². The fourth-order valence-corrected chi connectivity index (χ4v) is 4.17. The van der Waals surface area contributed by atoms with Crippen LogP contribution in [0.1, 0.15) is 28.5 Å². The van der Waals surface area contributed by atoms with Gasteiger partial charge in [-0.3, -0.25) is 14.6 Å². The van der Waals surface area contributed by atoms with E-state index in [9.17, 15) is 9.59 Å². The van der Waals surface area contributed by atoms with Crippen LogP contribution in [-0.2, 0) is 29.2 Å². The highest BCUT2D eigenvalue weighted by atomic mass is 16.3. The summed E-state index contributed by atoms with van der Waals surface area (Å²) in [6, 6.07) is 21.5. The van der Waals surface area contributed by atoms with Gasteiger partial charge >= 0.3 is 0 Å². The average Bonchev–Trinajstić information content (AvgIpc) is 3.59. The van der Waals surface area contributed by atoms with Crippen molar-refractivity contribution in [2.24, 2.45) is 0 Å². The molecule has 3 aromatic heterocycles. The highest BCUT2D eigenvalue weighted by Crippen LogP contribution is 2.25. The summed E-state index contributed by atoms with van der Waals surface area (Å²) in [6.07, 6.45) is 4.78. The molecule has 0 spiro atoms. The van der Waals surface area contributed by atoms with Crippen molar-refractivity contribution in [2.75, 3.05) is 0 Å². The summed E-state index contributed by atoms with van der Waals surface area (Å²) in [5.74, 6) is 0.0185. The molecule has 1 N–H and O–H groups in total. The lowest BCUT2D eigenvalue weighted by atomic mass is 10.0. The summed E-state index contributed by atoms with van der Waals surface area (Å²) in [6.45, 7) is 2.37. The van der Waals surface area contributed by atoms with Gasteiger partial charge in [0.25, 0.3) is 0 Å². The van der Waals surface area contributed by atoms with E-state index in [1.807, 2.05) is 55.5 Å². The molecule has 1 atom stereocenters. The van der Waals surface area contributed by atoms with Crippen LogP contribution < -0.4 is 5.32 Å². The number of rotatable bonds is 9. The van der Waals surface area contributed by atoms with Gasteiger partial charge < -0.3 is 14.6 Å². The number of aromatic nitrogens is 4. The third-order valence-electron chi connectivity index (χ3n) is 6.10. The number of benzene rings is 2. The van der Waals surface area contributed by atoms with E-state index in [2.05, 4.69) is 20.6 Å². The Bertz CT molecular complexity index is 1480. The summed E-state index contributed by atoms with van der Waals surface area (Å²) in [4.78, 5) is 33.2. The molecule has 0 unspecified atom stereocenters. The lowest BCUT2D eigenvalue weighted by molar-refractivity contribution is -0.142. The van der Waals surface area contributed by atoms with Crippen molar-refractivity contribution in [1.29, 1.82) is 0 Å². The molecule has 0 saturated carbocycles. The molecule has 5 rings (SSSR count). The molecule has 0 fully saturated rings. The molecule has 2 amide bonds. The summed E-state index contributed by atoms with van der Waals surface area (Å²) < 4.78 is 6.93. The number of pyridine rings is 1. The molecular formula is C28H26N6O3. The maximum Gasteiger partial charge on any atom is 0.247 e. The van der Waals surface area contributed by atoms with Crippen LogP contribution in [0.25, 0.3) is 11.0 Å². The van der Waals surface area contributed by atoms with Crippen LogP contribution >= 0.6 is 0 Å². The monoisotopic (exact) mass is 494 g/mol. The first-order valence-electron chi connectivity index (χ1n) is 11.9. The van der Waals surface area contributed by atoms with Gasteiger partial charge in [-0.1, -0.05) is 47.2 Å². The maximum absolute atomic E-state index is 13.9. The van der Waals surface area contributed by atoms with Crippen LogP contribution in [-0.4, -0.2) is 36.7 Å². The first-order valence-corrected chi connectivity index (χ1v) is 11.9. The zero-order valence-corrected chi connectivity index (χ0v) is 20.3. The van der Waals surface area contributed by atoms with Gasteiger partial charge in [-0.25, -0.2) is 4.68 Å². The Morgan fingerprint density at radius 1 is 1.00 bits per heavy atom. The predicted octanol–water partition coefficient (Wildman–Crippen LogP) is 3.81. The molecule has 186 valence electrons. The van der Waals surface area contributed by atoms with Gasteiger partial charge in [0.15, 0.2) is 0 Å². The quantitative estimate of drug-likeness (QED) is 0.334. The number of nitrogens with one attached hydrogen (secondary N) is 1. The molecule has 0 bridgehead atoms. The van der Waals surface area contributed by atoms with Gasteiger partial charge in [0.2, 0.25) is 11.8 Å². The zero-order valence-electron chi connectivity index (χ0n) is 20.3. The number of carbonyl (C=O) groups excluding carboxylic acids is 2. The molecule has 0 aliphatic heterocycles. The van der Waals surface area contributed by atoms with Crippen LogP contribution in [0, 0.1) is 6.92 Å². The summed E-state index contributed by atoms with van der Waals surface area (Å²) in [5, 5.41) is 11.3. The largest absolute Gasteiger partial charge is 0.467 e. The highest BCUT2D eigenvalue weighted by Gasteiger charge is 2.32. The first-order chi connectivity index (χ1) is 18.1. The second-order valence-corrected chi connectivity index (χ2v) is 8.72. The Labute approximate surface area is 213 Å². The molecule has 0 radical (unpaired) electrons. The van der Waals surface area contributed by atoms with Crippen molar-refractivity contribution < 1.29 is 14.0 Å². The standard InChI is InChI=1S/C28H26N6O3/c1-20-8-10-21(11-9-20)18-33(26(35)19-34-25-7-3-2-6-24(25)31-32-34)27(22-12-14-29-15-13-22)28(36)30-17-23-5-4-16-37-23/h2-16,27H,17-19H2,1H3,(H,30,36)/t27-/m1/s1. The third-order valence-corrected chi connectivity index (χ3v) is 6.10. The molecule has 0 aliphatic rings. The summed E-state index contributed by atoms with van der Waals surface area (Å²) in [5.41, 5.74) is 4.10. The van der Waals surface area contributed by atoms with Gasteiger partial charge in [0.05, 0.1) is 18.3 Å². The highest BCUT2D eigenvalue weighted by molar-refractivity contribution is 5.89. The van der Waals surface area contributed by atoms with Crippen LogP contribution in [0.5, 0.6) is 0 Å². The molecule has 2 aromatic carbocycles. The van der Waals surface area contributed by atoms with E-state index in [1.165, 1.54) is 0 Å². The Balaban J connectivity index is 1.50. The van der Waals surface area contributed by atoms with Crippen molar-refractivity contribution >= 4 is 22.8 Å². The Hall–Kier alpha value is -4.79. The molecule has 9 nitrogen and oxygen atoms in total. The molecule has 37 heavy (non-hydrogen) atoms. The third kappa shape index (κ3) is 5.56. The fourth-order valence-electron chi connectivity index (χ4n) is 4.17. The Kier molecular flexibility index (Phi) is 7.02. The van der Waals surface area contributed by atoms with Gasteiger partial charge in [-0.15, -0.1) is 5.10 Å². The molecular weight excluding hydrogens is 468 g/mol. The second kappa shape index (κ2) is 10.9. The fraction of sp³-hybridized carbons (Fsp3) is 0.179. The number of aryl methyl sites for hydroxylation is 1. The number of para-hydroxylation sites is 1. The van der Waals surface area contributed by atoms with E-state index >= 15 is 0 Å². The van der Waals surface area contributed by atoms with Crippen LogP contribution in [0.4, 0.5) is 0 Å². The minimum atomic E-state index is -0.901. The van der Waals surface area contributed by atoms with Crippen LogP contribution in [0.15, 0.2) is 95.9 Å². The molecule has 3 heterocycles. The number of fused-ring (bicyclic) bond motifs is 1. The van der Waals surface area contributed by atoms with Crippen molar-refractivity contribution in [3.63, 3.8) is 0 Å². The van der Waals surface area contributed by atoms with Crippen LogP contribution in [0.2, 0.25) is 0 Å². The van der Waals surface area contributed by atoms with E-state index < -0.39 is 6.04 Å². The molecule has 0 aliphatic carbocycles. The predicted molar refractivity (Wildman–Crippen MR) is 137 cm³/mol. The molecule has 9 heteroatoms. The second-order valence-electron chi connectivity index (χ2n) is 8.72. The number of carbonyl (C=O) groups is 2. The normalized spacial score (nSPS) is 11.8. The van der Waals surface area contributed by atoms with Crippen molar-refractivity contribution in [2.45, 2.75) is 32.6 Å². The number of hydrogen-bond acceptors (Lipinski definition) is 6. The topological polar surface area (TPSA) is 106 Å². The minimum absolute atomic E-state index is 0.0700. The lowest BCUT2D eigenvalue weighted by Gasteiger charge is -2.31. The van der Waals surface area contributed by atoms with Gasteiger partial charge in [-0.05, 0) is 54.4 Å². The maximum atomic E-state index is 13.9. The zero-order chi connectivity index (χ0) is 25.6. The summed E-state index contributed by atoms with van der Waals surface area (Å²) >= 11 is 0. The Morgan fingerprint density at radius 2 is 1.78 bits per heavy atom. The first kappa shape index (κ1) is 23.9. The smallest absolute Gasteiger partial charge is 0.247 e. The minimum Gasteiger partial charge on any atom is -0.467 e. The molecule has 5 aromatic rings. The van der Waals surface area contributed by atoms with Crippen molar-refractivity contribution in [3.8, 4) is 0 Å². The number of nitrogens with zero attached hydrogens (tertiary/aromatic N) is 5. The van der Waals surface area contributed by atoms with E-state index in [0.717, 1.165) is 16.6 Å². The number of hydrogen-bond donors (Lipinski definition) is 1. The Morgan fingerprint density at radius 3 is 2.54 bits per heavy atom. The number of furan rings is 1. The van der Waals surface area contributed by atoms with E-state index in [0.29, 0.717) is 16.8 Å². The van der Waals surface area contributed by atoms with Crippen molar-refractivity contribution in [3.05, 3.63) is 114 Å². The molecule has 0 saturated heterocycles. The van der Waals surface area contributed by atoms with Crippen molar-refractivity contribution in [1.82, 2.24) is 30.2 Å². The lowest BCUT2D eigenvalue weighted by Crippen LogP contribution is -2.44. The van der Waals surface area contributed by atoms with E-state index in [-0.39, 0.29) is 31.4 Å². The van der Waals surface area contributed by atoms with E-state index in [4.69, 9.17) is 4.42 Å². The van der Waals surface area contributed by atoms with Gasteiger partial charge in [-0.2, -0.15) is 0 Å². The SMILES string of the molecule is Cc1ccc(CN(C(=O)Cn2nnc3ccccc32)[C@@H](C(=O)NCc2ccco2)c2ccncc2)cc1.